The zero-order valence-corrected chi connectivity index (χ0v) is 26.1. The van der Waals surface area contributed by atoms with Crippen LogP contribution in [0.4, 0.5) is 5.69 Å². The summed E-state index contributed by atoms with van der Waals surface area (Å²) in [5.74, 6) is -0.426. The van der Waals surface area contributed by atoms with Crippen LogP contribution in [0, 0.1) is 30.1 Å². The Bertz CT molecular complexity index is 1510. The first-order valence-corrected chi connectivity index (χ1v) is 15.4. The molecular weight excluding hydrogens is 647 g/mol. The second-order valence-electron chi connectivity index (χ2n) is 11.6. The molecule has 0 N–H and O–H groups in total. The van der Waals surface area contributed by atoms with Gasteiger partial charge in [0.25, 0.3) is 0 Å². The van der Waals surface area contributed by atoms with Crippen LogP contribution in [0.3, 0.4) is 0 Å². The molecule has 3 fully saturated rings. The van der Waals surface area contributed by atoms with Gasteiger partial charge in [0, 0.05) is 33.1 Å². The zero-order chi connectivity index (χ0) is 27.8. The maximum absolute atomic E-state index is 13.6. The maximum atomic E-state index is 13.6. The van der Waals surface area contributed by atoms with Crippen molar-refractivity contribution in [2.24, 2.45) is 23.2 Å². The van der Waals surface area contributed by atoms with Crippen LogP contribution in [-0.2, 0) is 20.9 Å². The van der Waals surface area contributed by atoms with Crippen LogP contribution in [0.2, 0.25) is 5.02 Å². The molecule has 3 aliphatic rings. The van der Waals surface area contributed by atoms with Crippen molar-refractivity contribution in [2.75, 3.05) is 23.3 Å². The van der Waals surface area contributed by atoms with Crippen LogP contribution in [0.25, 0.3) is 21.3 Å². The molecule has 2 aromatic heterocycles. The van der Waals surface area contributed by atoms with Gasteiger partial charge in [0.05, 0.1) is 57.1 Å². The third-order valence-electron chi connectivity index (χ3n) is 8.68. The Morgan fingerprint density at radius 2 is 1.82 bits per heavy atom. The number of hydrogen-bond acceptors (Lipinski definition) is 6. The summed E-state index contributed by atoms with van der Waals surface area (Å²) >= 11 is 10.2. The minimum atomic E-state index is -0.226. The van der Waals surface area contributed by atoms with Crippen molar-refractivity contribution < 1.29 is 14.4 Å². The van der Waals surface area contributed by atoms with Crippen molar-refractivity contribution in [1.82, 2.24) is 14.8 Å². The van der Waals surface area contributed by atoms with E-state index >= 15 is 0 Å². The lowest BCUT2D eigenvalue weighted by molar-refractivity contribution is -0.143. The van der Waals surface area contributed by atoms with Crippen LogP contribution in [0.5, 0.6) is 0 Å². The molecule has 0 bridgehead atoms. The van der Waals surface area contributed by atoms with E-state index in [1.54, 1.807) is 9.31 Å². The van der Waals surface area contributed by atoms with E-state index in [-0.39, 0.29) is 47.4 Å². The Labute approximate surface area is 251 Å². The summed E-state index contributed by atoms with van der Waals surface area (Å²) in [7, 11) is 2.09. The molecule has 1 aromatic carbocycles. The van der Waals surface area contributed by atoms with Gasteiger partial charge in [0.2, 0.25) is 17.7 Å². The van der Waals surface area contributed by atoms with Crippen molar-refractivity contribution in [3.05, 3.63) is 45.9 Å². The summed E-state index contributed by atoms with van der Waals surface area (Å²) in [6.45, 7) is 8.05. The van der Waals surface area contributed by atoms with Crippen molar-refractivity contribution in [3.63, 3.8) is 0 Å². The summed E-state index contributed by atoms with van der Waals surface area (Å²) in [6, 6.07) is 7.71. The predicted molar refractivity (Wildman–Crippen MR) is 163 cm³/mol. The Balaban J connectivity index is 1.35. The number of anilines is 1. The number of carbonyl (C=O) groups excluding carboxylic acids is 3. The molecule has 3 amide bonds. The van der Waals surface area contributed by atoms with Gasteiger partial charge in [-0.1, -0.05) is 25.4 Å². The number of hydrogen-bond donors (Lipinski definition) is 0. The highest BCUT2D eigenvalue weighted by Gasteiger charge is 2.72. The molecule has 0 spiro atoms. The number of pyridine rings is 1. The Kier molecular flexibility index (Phi) is 6.80. The number of aryl methyl sites for hydroxylation is 1. The van der Waals surface area contributed by atoms with Crippen LogP contribution in [0.15, 0.2) is 30.5 Å². The lowest BCUT2D eigenvalue weighted by Crippen LogP contribution is -2.38. The van der Waals surface area contributed by atoms with Gasteiger partial charge in [0.1, 0.15) is 0 Å². The lowest BCUT2D eigenvalue weighted by atomic mass is 9.95. The van der Waals surface area contributed by atoms with E-state index in [2.05, 4.69) is 39.8 Å². The smallest absolute Gasteiger partial charge is 0.239 e. The fraction of sp³-hybridized carbons (Fsp3) is 0.448. The zero-order valence-electron chi connectivity index (χ0n) is 22.3. The van der Waals surface area contributed by atoms with Crippen molar-refractivity contribution in [2.45, 2.75) is 40.2 Å². The molecule has 7 nitrogen and oxygen atoms in total. The van der Waals surface area contributed by atoms with E-state index in [1.807, 2.05) is 45.0 Å². The average Bonchev–Trinajstić information content (AvgIpc) is 3.13. The second kappa shape index (κ2) is 9.78. The quantitative estimate of drug-likeness (QED) is 0.186. The number of fused-ring (bicyclic) bond motifs is 2. The highest BCUT2D eigenvalue weighted by molar-refractivity contribution is 14.1. The molecule has 2 atom stereocenters. The standard InChI is InChI=1S/C29H30ClIN4O3S/c1-15-11-17(30)12-20(24(15)35(31)26(36)16-6-9-33(4)10-7-16)19-5-8-32-21-13-18(39-25(19)21)14-34-27(37)22-23(28(34)38)29(22,2)3/h5,8,11-13,16,22-23H,6-7,9-10,14H2,1-4H3. The topological polar surface area (TPSA) is 73.8 Å². The summed E-state index contributed by atoms with van der Waals surface area (Å²) in [5, 5.41) is 0.597. The van der Waals surface area contributed by atoms with Gasteiger partial charge < -0.3 is 4.90 Å². The van der Waals surface area contributed by atoms with E-state index in [4.69, 9.17) is 11.6 Å². The van der Waals surface area contributed by atoms with Crippen molar-refractivity contribution in [1.29, 1.82) is 0 Å². The van der Waals surface area contributed by atoms with Crippen molar-refractivity contribution in [3.8, 4) is 11.1 Å². The van der Waals surface area contributed by atoms with Crippen LogP contribution < -0.4 is 3.11 Å². The summed E-state index contributed by atoms with van der Waals surface area (Å²) in [5.41, 5.74) is 4.12. The summed E-state index contributed by atoms with van der Waals surface area (Å²) in [4.78, 5) is 48.6. The molecule has 2 aliphatic heterocycles. The molecule has 0 radical (unpaired) electrons. The number of aromatic nitrogens is 1. The molecule has 4 heterocycles. The Morgan fingerprint density at radius 1 is 1.15 bits per heavy atom. The van der Waals surface area contributed by atoms with Crippen LogP contribution >= 0.6 is 45.8 Å². The fourth-order valence-electron chi connectivity index (χ4n) is 6.32. The molecule has 3 aromatic rings. The number of thiophene rings is 1. The van der Waals surface area contributed by atoms with E-state index in [0.29, 0.717) is 5.02 Å². The number of amides is 3. The van der Waals surface area contributed by atoms with Gasteiger partial charge in [-0.05, 0) is 75.1 Å². The molecular formula is C29H30ClIN4O3S. The molecule has 1 saturated carbocycles. The molecule has 6 rings (SSSR count). The number of nitrogens with zero attached hydrogens (tertiary/aromatic N) is 4. The number of likely N-dealkylation sites (tertiary alicyclic amines) is 2. The van der Waals surface area contributed by atoms with E-state index in [0.717, 1.165) is 63.4 Å². The molecule has 39 heavy (non-hydrogen) atoms. The van der Waals surface area contributed by atoms with E-state index in [9.17, 15) is 14.4 Å². The number of benzene rings is 1. The summed E-state index contributed by atoms with van der Waals surface area (Å²) < 4.78 is 2.71. The molecule has 1 aliphatic carbocycles. The third-order valence-corrected chi connectivity index (χ3v) is 11.0. The molecule has 2 unspecified atom stereocenters. The second-order valence-corrected chi connectivity index (χ2v) is 14.2. The molecule has 2 saturated heterocycles. The van der Waals surface area contributed by atoms with Gasteiger partial charge in [0.15, 0.2) is 0 Å². The van der Waals surface area contributed by atoms with Crippen LogP contribution in [0.1, 0.15) is 37.1 Å². The van der Waals surface area contributed by atoms with Crippen LogP contribution in [-0.4, -0.2) is 52.6 Å². The number of imide groups is 1. The van der Waals surface area contributed by atoms with Gasteiger partial charge >= 0.3 is 0 Å². The lowest BCUT2D eigenvalue weighted by Gasteiger charge is -2.31. The minimum Gasteiger partial charge on any atom is -0.306 e. The average molecular weight is 677 g/mol. The van der Waals surface area contributed by atoms with E-state index in [1.165, 1.54) is 16.2 Å². The first-order chi connectivity index (χ1) is 18.5. The fourth-order valence-corrected chi connectivity index (χ4v) is 8.76. The normalized spacial score (nSPS) is 23.0. The SMILES string of the molecule is Cc1cc(Cl)cc(-c2ccnc3cc(CN4C(=O)C5C(C4=O)C5(C)C)sc23)c1N(I)C(=O)C1CCN(C)CC1. The molecule has 204 valence electrons. The largest absolute Gasteiger partial charge is 0.306 e. The highest BCUT2D eigenvalue weighted by atomic mass is 127. The number of carbonyl (C=O) groups is 3. The highest BCUT2D eigenvalue weighted by Crippen LogP contribution is 2.63. The first-order valence-electron chi connectivity index (χ1n) is 13.2. The number of rotatable bonds is 5. The Hall–Kier alpha value is -2.08. The third kappa shape index (κ3) is 4.49. The predicted octanol–water partition coefficient (Wildman–Crippen LogP) is 6.09. The number of halogens is 2. The first kappa shape index (κ1) is 27.1. The van der Waals surface area contributed by atoms with Gasteiger partial charge in [-0.25, -0.2) is 0 Å². The van der Waals surface area contributed by atoms with E-state index < -0.39 is 0 Å². The minimum absolute atomic E-state index is 0.0152. The van der Waals surface area contributed by atoms with Gasteiger partial charge in [-0.15, -0.1) is 11.3 Å². The number of piperidine rings is 2. The maximum Gasteiger partial charge on any atom is 0.239 e. The molecule has 10 heteroatoms. The summed E-state index contributed by atoms with van der Waals surface area (Å²) in [6.07, 6.45) is 3.45. The van der Waals surface area contributed by atoms with Crippen molar-refractivity contribution >= 4 is 79.4 Å². The van der Waals surface area contributed by atoms with Gasteiger partial charge in [-0.3, -0.25) is 27.4 Å². The van der Waals surface area contributed by atoms with Gasteiger partial charge in [-0.2, -0.15) is 0 Å². The monoisotopic (exact) mass is 676 g/mol. The Morgan fingerprint density at radius 3 is 2.49 bits per heavy atom.